The van der Waals surface area contributed by atoms with E-state index < -0.39 is 0 Å². The fraction of sp³-hybridized carbons (Fsp3) is 0.375. The SMILES string of the molecule is OC1=CC=CC2N=CCC12. The predicted molar refractivity (Wildman–Crippen MR) is 40.2 cm³/mol. The summed E-state index contributed by atoms with van der Waals surface area (Å²) in [6, 6.07) is 0.213. The zero-order chi connectivity index (χ0) is 6.97. The van der Waals surface area contributed by atoms with Gasteiger partial charge in [0.05, 0.1) is 11.8 Å². The molecular weight excluding hydrogens is 126 g/mol. The van der Waals surface area contributed by atoms with Crippen LogP contribution < -0.4 is 0 Å². The van der Waals surface area contributed by atoms with E-state index >= 15 is 0 Å². The standard InChI is InChI=1S/C8H9NO/c10-8-3-1-2-7-6(8)4-5-9-7/h1-3,5-7,10H,4H2. The molecule has 1 aliphatic carbocycles. The van der Waals surface area contributed by atoms with E-state index in [-0.39, 0.29) is 12.0 Å². The fourth-order valence-electron chi connectivity index (χ4n) is 1.41. The lowest BCUT2D eigenvalue weighted by molar-refractivity contribution is 0.325. The second-order valence-electron chi connectivity index (χ2n) is 2.64. The molecule has 2 atom stereocenters. The molecule has 1 aliphatic heterocycles. The Kier molecular flexibility index (Phi) is 1.13. The Labute approximate surface area is 59.6 Å². The lowest BCUT2D eigenvalue weighted by atomic mass is 9.94. The van der Waals surface area contributed by atoms with Crippen molar-refractivity contribution in [2.45, 2.75) is 12.5 Å². The first kappa shape index (κ1) is 5.71. The number of allylic oxidation sites excluding steroid dienone is 2. The van der Waals surface area contributed by atoms with Gasteiger partial charge in [-0.1, -0.05) is 12.2 Å². The number of aliphatic hydroxyl groups is 1. The highest BCUT2D eigenvalue weighted by atomic mass is 16.3. The highest BCUT2D eigenvalue weighted by Gasteiger charge is 2.26. The van der Waals surface area contributed by atoms with E-state index in [1.165, 1.54) is 0 Å². The molecule has 1 heterocycles. The Morgan fingerprint density at radius 3 is 3.30 bits per heavy atom. The first-order valence-electron chi connectivity index (χ1n) is 3.47. The maximum absolute atomic E-state index is 9.31. The van der Waals surface area contributed by atoms with Crippen molar-refractivity contribution in [3.8, 4) is 0 Å². The van der Waals surface area contributed by atoms with Crippen LogP contribution in [-0.4, -0.2) is 17.4 Å². The molecule has 0 aromatic rings. The van der Waals surface area contributed by atoms with Crippen LogP contribution in [0.1, 0.15) is 6.42 Å². The second kappa shape index (κ2) is 1.97. The van der Waals surface area contributed by atoms with Crippen LogP contribution in [0.4, 0.5) is 0 Å². The minimum absolute atomic E-state index is 0.213. The first-order valence-corrected chi connectivity index (χ1v) is 3.47. The molecule has 2 aliphatic rings. The Bertz CT molecular complexity index is 227. The summed E-state index contributed by atoms with van der Waals surface area (Å²) in [6.45, 7) is 0. The third-order valence-electron chi connectivity index (χ3n) is 2.00. The summed E-state index contributed by atoms with van der Waals surface area (Å²) in [5.41, 5.74) is 0. The van der Waals surface area contributed by atoms with Crippen molar-refractivity contribution in [1.82, 2.24) is 0 Å². The van der Waals surface area contributed by atoms with Gasteiger partial charge in [0.1, 0.15) is 0 Å². The number of aliphatic hydroxyl groups excluding tert-OH is 1. The minimum Gasteiger partial charge on any atom is -0.512 e. The summed E-state index contributed by atoms with van der Waals surface area (Å²) in [5.74, 6) is 0.718. The largest absolute Gasteiger partial charge is 0.512 e. The lowest BCUT2D eigenvalue weighted by Gasteiger charge is -2.16. The molecule has 0 bridgehead atoms. The van der Waals surface area contributed by atoms with Gasteiger partial charge in [0.2, 0.25) is 0 Å². The summed E-state index contributed by atoms with van der Waals surface area (Å²) in [4.78, 5) is 4.20. The molecule has 0 saturated heterocycles. The van der Waals surface area contributed by atoms with Gasteiger partial charge in [0, 0.05) is 12.1 Å². The van der Waals surface area contributed by atoms with Crippen LogP contribution >= 0.6 is 0 Å². The molecule has 2 nitrogen and oxygen atoms in total. The normalized spacial score (nSPS) is 35.8. The quantitative estimate of drug-likeness (QED) is 0.535. The molecule has 2 rings (SSSR count). The first-order chi connectivity index (χ1) is 4.88. The maximum atomic E-state index is 9.31. The number of hydrogen-bond donors (Lipinski definition) is 1. The van der Waals surface area contributed by atoms with Gasteiger partial charge in [0.15, 0.2) is 0 Å². The third-order valence-corrected chi connectivity index (χ3v) is 2.00. The lowest BCUT2D eigenvalue weighted by Crippen LogP contribution is -2.16. The summed E-state index contributed by atoms with van der Waals surface area (Å²) in [7, 11) is 0. The Hall–Kier alpha value is -1.05. The number of nitrogens with zero attached hydrogens (tertiary/aromatic N) is 1. The van der Waals surface area contributed by atoms with Crippen molar-refractivity contribution in [3.63, 3.8) is 0 Å². The van der Waals surface area contributed by atoms with Crippen LogP contribution in [0.2, 0.25) is 0 Å². The van der Waals surface area contributed by atoms with E-state index in [1.807, 2.05) is 18.4 Å². The molecule has 2 heteroatoms. The Morgan fingerprint density at radius 2 is 2.50 bits per heavy atom. The van der Waals surface area contributed by atoms with E-state index in [2.05, 4.69) is 4.99 Å². The zero-order valence-corrected chi connectivity index (χ0v) is 5.57. The molecule has 0 aromatic heterocycles. The number of fused-ring (bicyclic) bond motifs is 1. The predicted octanol–water partition coefficient (Wildman–Crippen LogP) is 1.46. The molecule has 0 spiro atoms. The molecular formula is C8H9NO. The van der Waals surface area contributed by atoms with Crippen molar-refractivity contribution in [3.05, 3.63) is 24.0 Å². The molecule has 52 valence electrons. The molecule has 1 N–H and O–H groups in total. The summed E-state index contributed by atoms with van der Waals surface area (Å²) in [6.07, 6.45) is 8.40. The minimum atomic E-state index is 0.213. The summed E-state index contributed by atoms with van der Waals surface area (Å²) < 4.78 is 0. The van der Waals surface area contributed by atoms with Crippen LogP contribution in [0.15, 0.2) is 29.0 Å². The van der Waals surface area contributed by atoms with E-state index in [9.17, 15) is 5.11 Å². The van der Waals surface area contributed by atoms with E-state index in [0.717, 1.165) is 6.42 Å². The Morgan fingerprint density at radius 1 is 1.60 bits per heavy atom. The van der Waals surface area contributed by atoms with Gasteiger partial charge in [0.25, 0.3) is 0 Å². The average molecular weight is 135 g/mol. The monoisotopic (exact) mass is 135 g/mol. The van der Waals surface area contributed by atoms with Crippen molar-refractivity contribution >= 4 is 6.21 Å². The van der Waals surface area contributed by atoms with Crippen molar-refractivity contribution in [2.24, 2.45) is 10.9 Å². The fourth-order valence-corrected chi connectivity index (χ4v) is 1.41. The molecule has 0 saturated carbocycles. The van der Waals surface area contributed by atoms with Gasteiger partial charge in [-0.3, -0.25) is 4.99 Å². The summed E-state index contributed by atoms with van der Waals surface area (Å²) >= 11 is 0. The van der Waals surface area contributed by atoms with Crippen LogP contribution in [0, 0.1) is 5.92 Å². The molecule has 0 amide bonds. The van der Waals surface area contributed by atoms with E-state index in [0.29, 0.717) is 5.76 Å². The topological polar surface area (TPSA) is 32.6 Å². The van der Waals surface area contributed by atoms with E-state index in [4.69, 9.17) is 0 Å². The number of aliphatic imine (C=N–C) groups is 1. The second-order valence-corrected chi connectivity index (χ2v) is 2.64. The Balaban J connectivity index is 2.29. The number of rotatable bonds is 0. The highest BCUT2D eigenvalue weighted by Crippen LogP contribution is 2.27. The number of hydrogen-bond acceptors (Lipinski definition) is 2. The van der Waals surface area contributed by atoms with Crippen molar-refractivity contribution in [2.75, 3.05) is 0 Å². The molecule has 0 aromatic carbocycles. The molecule has 2 unspecified atom stereocenters. The molecule has 0 fully saturated rings. The van der Waals surface area contributed by atoms with Gasteiger partial charge < -0.3 is 5.11 Å². The van der Waals surface area contributed by atoms with Gasteiger partial charge in [-0.15, -0.1) is 0 Å². The molecule has 0 radical (unpaired) electrons. The summed E-state index contributed by atoms with van der Waals surface area (Å²) in [5, 5.41) is 9.31. The van der Waals surface area contributed by atoms with Crippen molar-refractivity contribution < 1.29 is 5.11 Å². The van der Waals surface area contributed by atoms with Gasteiger partial charge >= 0.3 is 0 Å². The highest BCUT2D eigenvalue weighted by molar-refractivity contribution is 5.62. The average Bonchev–Trinajstić information content (AvgIpc) is 2.36. The maximum Gasteiger partial charge on any atom is 0.0981 e. The van der Waals surface area contributed by atoms with Gasteiger partial charge in [-0.2, -0.15) is 0 Å². The van der Waals surface area contributed by atoms with Gasteiger partial charge in [-0.25, -0.2) is 0 Å². The zero-order valence-electron chi connectivity index (χ0n) is 5.57. The third kappa shape index (κ3) is 0.685. The van der Waals surface area contributed by atoms with Crippen LogP contribution in [0.3, 0.4) is 0 Å². The smallest absolute Gasteiger partial charge is 0.0981 e. The van der Waals surface area contributed by atoms with Gasteiger partial charge in [-0.05, 0) is 12.5 Å². The van der Waals surface area contributed by atoms with Crippen LogP contribution in [0.5, 0.6) is 0 Å². The van der Waals surface area contributed by atoms with Crippen LogP contribution in [0.25, 0.3) is 0 Å². The van der Waals surface area contributed by atoms with Crippen LogP contribution in [-0.2, 0) is 0 Å². The van der Waals surface area contributed by atoms with E-state index in [1.54, 1.807) is 6.08 Å². The van der Waals surface area contributed by atoms with Crippen molar-refractivity contribution in [1.29, 1.82) is 0 Å². The molecule has 10 heavy (non-hydrogen) atoms.